The van der Waals surface area contributed by atoms with Crippen LogP contribution >= 0.6 is 0 Å². The van der Waals surface area contributed by atoms with E-state index in [2.05, 4.69) is 34.2 Å². The average Bonchev–Trinajstić information content (AvgIpc) is 2.64. The molecule has 0 fully saturated rings. The first-order valence-corrected chi connectivity index (χ1v) is 10.9. The van der Waals surface area contributed by atoms with Gasteiger partial charge in [0.05, 0.1) is 11.5 Å². The first kappa shape index (κ1) is 23.4. The summed E-state index contributed by atoms with van der Waals surface area (Å²) >= 11 is 0. The molecule has 0 heterocycles. The third-order valence-corrected chi connectivity index (χ3v) is 5.49. The van der Waals surface area contributed by atoms with Crippen LogP contribution in [0.2, 0.25) is 0 Å². The standard InChI is InChI=1S/C19H34N4O3S/c1-16(2)7-5-6-12-21-19(20-3)22-15-17-8-10-18(11-9-17)27(24,25)23-13-14-26-4/h8-11,16,23H,5-7,12-15H2,1-4H3,(H2,20,21,22). The molecule has 0 amide bonds. The second-order valence-electron chi connectivity index (χ2n) is 6.78. The molecule has 8 heteroatoms. The number of nitrogens with one attached hydrogen (secondary N) is 3. The Balaban J connectivity index is 2.43. The summed E-state index contributed by atoms with van der Waals surface area (Å²) in [6, 6.07) is 6.81. The van der Waals surface area contributed by atoms with Crippen molar-refractivity contribution in [3.8, 4) is 0 Å². The number of hydrogen-bond acceptors (Lipinski definition) is 4. The normalized spacial score (nSPS) is 12.4. The monoisotopic (exact) mass is 398 g/mol. The highest BCUT2D eigenvalue weighted by Gasteiger charge is 2.12. The summed E-state index contributed by atoms with van der Waals surface area (Å²) in [5.41, 5.74) is 0.980. The van der Waals surface area contributed by atoms with Crippen molar-refractivity contribution in [3.63, 3.8) is 0 Å². The second-order valence-corrected chi connectivity index (χ2v) is 8.54. The van der Waals surface area contributed by atoms with Gasteiger partial charge < -0.3 is 15.4 Å². The number of unbranched alkanes of at least 4 members (excludes halogenated alkanes) is 1. The maximum Gasteiger partial charge on any atom is 0.240 e. The maximum absolute atomic E-state index is 12.1. The van der Waals surface area contributed by atoms with Crippen molar-refractivity contribution < 1.29 is 13.2 Å². The lowest BCUT2D eigenvalue weighted by molar-refractivity contribution is 0.204. The van der Waals surface area contributed by atoms with Gasteiger partial charge in [-0.2, -0.15) is 0 Å². The van der Waals surface area contributed by atoms with Gasteiger partial charge in [0, 0.05) is 33.8 Å². The molecular formula is C19H34N4O3S. The van der Waals surface area contributed by atoms with Gasteiger partial charge in [0.15, 0.2) is 5.96 Å². The summed E-state index contributed by atoms with van der Waals surface area (Å²) < 4.78 is 31.6. The van der Waals surface area contributed by atoms with Crippen LogP contribution in [0, 0.1) is 5.92 Å². The van der Waals surface area contributed by atoms with E-state index in [0.717, 1.165) is 30.4 Å². The van der Waals surface area contributed by atoms with E-state index in [4.69, 9.17) is 4.74 Å². The van der Waals surface area contributed by atoms with Gasteiger partial charge in [0.25, 0.3) is 0 Å². The molecule has 0 aliphatic carbocycles. The molecule has 0 saturated heterocycles. The Labute approximate surface area is 164 Å². The molecule has 0 radical (unpaired) electrons. The van der Waals surface area contributed by atoms with Crippen LogP contribution in [0.5, 0.6) is 0 Å². The van der Waals surface area contributed by atoms with E-state index in [1.165, 1.54) is 20.0 Å². The largest absolute Gasteiger partial charge is 0.383 e. The van der Waals surface area contributed by atoms with E-state index in [1.54, 1.807) is 31.3 Å². The zero-order chi connectivity index (χ0) is 20.1. The molecule has 1 rings (SSSR count). The minimum Gasteiger partial charge on any atom is -0.383 e. The Kier molecular flexibility index (Phi) is 11.0. The molecular weight excluding hydrogens is 364 g/mol. The summed E-state index contributed by atoms with van der Waals surface area (Å²) in [5.74, 6) is 1.49. The minimum absolute atomic E-state index is 0.245. The fourth-order valence-corrected chi connectivity index (χ4v) is 3.45. The van der Waals surface area contributed by atoms with E-state index >= 15 is 0 Å². The van der Waals surface area contributed by atoms with Gasteiger partial charge in [0.1, 0.15) is 0 Å². The van der Waals surface area contributed by atoms with Crippen molar-refractivity contribution in [1.82, 2.24) is 15.4 Å². The summed E-state index contributed by atoms with van der Waals surface area (Å²) in [7, 11) is -0.222. The van der Waals surface area contributed by atoms with E-state index in [9.17, 15) is 8.42 Å². The lowest BCUT2D eigenvalue weighted by atomic mass is 10.1. The van der Waals surface area contributed by atoms with Crippen LogP contribution in [0.15, 0.2) is 34.2 Å². The van der Waals surface area contributed by atoms with E-state index < -0.39 is 10.0 Å². The highest BCUT2D eigenvalue weighted by Crippen LogP contribution is 2.10. The van der Waals surface area contributed by atoms with Crippen LogP contribution in [0.4, 0.5) is 0 Å². The molecule has 0 aliphatic rings. The third kappa shape index (κ3) is 9.74. The quantitative estimate of drug-likeness (QED) is 0.285. The molecule has 0 unspecified atom stereocenters. The Morgan fingerprint density at radius 1 is 1.11 bits per heavy atom. The van der Waals surface area contributed by atoms with Crippen molar-refractivity contribution in [2.24, 2.45) is 10.9 Å². The molecule has 0 aromatic heterocycles. The van der Waals surface area contributed by atoms with E-state index in [1.807, 2.05) is 0 Å². The lowest BCUT2D eigenvalue weighted by Gasteiger charge is -2.13. The fourth-order valence-electron chi connectivity index (χ4n) is 2.44. The van der Waals surface area contributed by atoms with Crippen LogP contribution in [0.25, 0.3) is 0 Å². The number of guanidine groups is 1. The molecule has 0 spiro atoms. The van der Waals surface area contributed by atoms with Crippen molar-refractivity contribution in [3.05, 3.63) is 29.8 Å². The predicted octanol–water partition coefficient (Wildman–Crippen LogP) is 2.10. The number of sulfonamides is 1. The molecule has 0 aliphatic heterocycles. The van der Waals surface area contributed by atoms with Crippen LogP contribution < -0.4 is 15.4 Å². The fraction of sp³-hybridized carbons (Fsp3) is 0.632. The first-order valence-electron chi connectivity index (χ1n) is 9.41. The van der Waals surface area contributed by atoms with Gasteiger partial charge >= 0.3 is 0 Å². The molecule has 0 atom stereocenters. The van der Waals surface area contributed by atoms with E-state index in [-0.39, 0.29) is 11.4 Å². The maximum atomic E-state index is 12.1. The highest BCUT2D eigenvalue weighted by molar-refractivity contribution is 7.89. The molecule has 7 nitrogen and oxygen atoms in total. The lowest BCUT2D eigenvalue weighted by Crippen LogP contribution is -2.37. The number of ether oxygens (including phenoxy) is 1. The molecule has 154 valence electrons. The predicted molar refractivity (Wildman–Crippen MR) is 110 cm³/mol. The summed E-state index contributed by atoms with van der Waals surface area (Å²) in [4.78, 5) is 4.46. The molecule has 1 aromatic carbocycles. The second kappa shape index (κ2) is 12.7. The number of benzene rings is 1. The van der Waals surface area contributed by atoms with Gasteiger partial charge in [-0.25, -0.2) is 13.1 Å². The van der Waals surface area contributed by atoms with Gasteiger partial charge in [-0.05, 0) is 30.0 Å². The van der Waals surface area contributed by atoms with Crippen LogP contribution in [-0.4, -0.2) is 48.2 Å². The van der Waals surface area contributed by atoms with Crippen molar-refractivity contribution in [2.45, 2.75) is 44.6 Å². The smallest absolute Gasteiger partial charge is 0.240 e. The molecule has 0 bridgehead atoms. The Hall–Kier alpha value is -1.64. The number of rotatable bonds is 12. The van der Waals surface area contributed by atoms with Crippen LogP contribution in [0.3, 0.4) is 0 Å². The molecule has 1 aromatic rings. The first-order chi connectivity index (χ1) is 12.9. The van der Waals surface area contributed by atoms with Gasteiger partial charge in [-0.15, -0.1) is 0 Å². The van der Waals surface area contributed by atoms with Gasteiger partial charge in [-0.1, -0.05) is 38.8 Å². The Morgan fingerprint density at radius 2 is 1.81 bits per heavy atom. The zero-order valence-corrected chi connectivity index (χ0v) is 17.7. The van der Waals surface area contributed by atoms with Crippen molar-refractivity contribution >= 4 is 16.0 Å². The average molecular weight is 399 g/mol. The van der Waals surface area contributed by atoms with Gasteiger partial charge in [-0.3, -0.25) is 4.99 Å². The number of methoxy groups -OCH3 is 1. The van der Waals surface area contributed by atoms with Crippen LogP contribution in [-0.2, 0) is 21.3 Å². The summed E-state index contributed by atoms with van der Waals surface area (Å²) in [6.45, 7) is 6.52. The molecule has 0 saturated carbocycles. The number of nitrogens with zero attached hydrogens (tertiary/aromatic N) is 1. The molecule has 3 N–H and O–H groups in total. The van der Waals surface area contributed by atoms with E-state index in [0.29, 0.717) is 13.2 Å². The Bertz CT molecular complexity index is 658. The summed E-state index contributed by atoms with van der Waals surface area (Å²) in [6.07, 6.45) is 3.56. The molecule has 27 heavy (non-hydrogen) atoms. The number of aliphatic imine (C=N–C) groups is 1. The number of hydrogen-bond donors (Lipinski definition) is 3. The van der Waals surface area contributed by atoms with Crippen LogP contribution in [0.1, 0.15) is 38.7 Å². The van der Waals surface area contributed by atoms with Crippen molar-refractivity contribution in [1.29, 1.82) is 0 Å². The topological polar surface area (TPSA) is 91.8 Å². The zero-order valence-electron chi connectivity index (χ0n) is 16.9. The van der Waals surface area contributed by atoms with Gasteiger partial charge in [0.2, 0.25) is 10.0 Å². The SMILES string of the molecule is CN=C(NCCCCC(C)C)NCc1ccc(S(=O)(=O)NCCOC)cc1. The Morgan fingerprint density at radius 3 is 2.41 bits per heavy atom. The minimum atomic E-state index is -3.50. The summed E-state index contributed by atoms with van der Waals surface area (Å²) in [5, 5.41) is 6.54. The van der Waals surface area contributed by atoms with Crippen molar-refractivity contribution in [2.75, 3.05) is 33.9 Å². The third-order valence-electron chi connectivity index (χ3n) is 4.02. The highest BCUT2D eigenvalue weighted by atomic mass is 32.2.